The van der Waals surface area contributed by atoms with Crippen LogP contribution in [-0.2, 0) is 4.79 Å². The van der Waals surface area contributed by atoms with Gasteiger partial charge in [0.05, 0.1) is 0 Å². The van der Waals surface area contributed by atoms with Gasteiger partial charge in [-0.2, -0.15) is 17.6 Å². The first-order valence-electron chi connectivity index (χ1n) is 4.57. The highest BCUT2D eigenvalue weighted by Gasteiger charge is 2.79. The molecule has 0 aromatic carbocycles. The Balaban J connectivity index is 2.90. The molecule has 0 radical (unpaired) electrons. The minimum atomic E-state index is -4.30. The van der Waals surface area contributed by atoms with E-state index in [9.17, 15) is 22.4 Å². The molecule has 0 heterocycles. The minimum Gasteiger partial charge on any atom is -0.281 e. The van der Waals surface area contributed by atoms with E-state index < -0.39 is 28.9 Å². The van der Waals surface area contributed by atoms with Crippen molar-refractivity contribution in [3.05, 3.63) is 0 Å². The summed E-state index contributed by atoms with van der Waals surface area (Å²) in [7, 11) is 0. The predicted molar refractivity (Wildman–Crippen MR) is 47.2 cm³/mol. The second-order valence-electron chi connectivity index (χ2n) is 4.26. The summed E-state index contributed by atoms with van der Waals surface area (Å²) in [5, 5.41) is -1.38. The lowest BCUT2D eigenvalue weighted by Gasteiger charge is -2.49. The largest absolute Gasteiger partial charge is 0.321 e. The highest BCUT2D eigenvalue weighted by atomic mass is 35.5. The van der Waals surface area contributed by atoms with Gasteiger partial charge >= 0.3 is 11.8 Å². The maximum absolute atomic E-state index is 13.0. The summed E-state index contributed by atoms with van der Waals surface area (Å²) in [5.74, 6) is -12.3. The van der Waals surface area contributed by atoms with Crippen molar-refractivity contribution in [2.75, 3.05) is 0 Å². The van der Waals surface area contributed by atoms with Crippen molar-refractivity contribution in [1.29, 1.82) is 0 Å². The Labute approximate surface area is 89.8 Å². The van der Waals surface area contributed by atoms with Crippen LogP contribution in [0, 0.1) is 17.8 Å². The fraction of sp³-hybridized carbons (Fsp3) is 0.889. The van der Waals surface area contributed by atoms with Crippen LogP contribution in [0.25, 0.3) is 0 Å². The Morgan fingerprint density at radius 3 is 2.07 bits per heavy atom. The molecule has 1 saturated carbocycles. The van der Waals surface area contributed by atoms with Gasteiger partial charge in [0, 0.05) is 5.92 Å². The lowest BCUT2D eigenvalue weighted by atomic mass is 9.64. The highest BCUT2D eigenvalue weighted by Crippen LogP contribution is 2.61. The molecule has 15 heavy (non-hydrogen) atoms. The third kappa shape index (κ3) is 1.75. The summed E-state index contributed by atoms with van der Waals surface area (Å²) in [5.41, 5.74) is 0. The third-order valence-electron chi connectivity index (χ3n) is 2.67. The van der Waals surface area contributed by atoms with Crippen molar-refractivity contribution in [2.45, 2.75) is 32.1 Å². The van der Waals surface area contributed by atoms with E-state index in [0.717, 1.165) is 0 Å². The third-order valence-corrected chi connectivity index (χ3v) is 2.91. The van der Waals surface area contributed by atoms with Crippen molar-refractivity contribution < 1.29 is 22.4 Å². The van der Waals surface area contributed by atoms with Gasteiger partial charge in [0.15, 0.2) is 0 Å². The van der Waals surface area contributed by atoms with Crippen LogP contribution in [0.1, 0.15) is 20.3 Å². The topological polar surface area (TPSA) is 17.1 Å². The summed E-state index contributed by atoms with van der Waals surface area (Å²) in [6.07, 6.45) is -0.133. The molecule has 0 bridgehead atoms. The zero-order chi connectivity index (χ0) is 12.0. The molecule has 1 rings (SSSR count). The molecular weight excluding hydrogens is 236 g/mol. The summed E-state index contributed by atoms with van der Waals surface area (Å²) in [6, 6.07) is 0. The number of carbonyl (C=O) groups excluding carboxylic acids is 1. The molecule has 0 aromatic rings. The Morgan fingerprint density at radius 1 is 1.27 bits per heavy atom. The fourth-order valence-electron chi connectivity index (χ4n) is 1.91. The number of hydrogen-bond donors (Lipinski definition) is 0. The molecule has 0 N–H and O–H groups in total. The average Bonchev–Trinajstić information content (AvgIpc) is 2.00. The second kappa shape index (κ2) is 3.61. The first-order chi connectivity index (χ1) is 6.62. The lowest BCUT2D eigenvalue weighted by Crippen LogP contribution is -2.68. The first-order valence-corrected chi connectivity index (χ1v) is 4.95. The summed E-state index contributed by atoms with van der Waals surface area (Å²) in [6.45, 7) is 3.25. The quantitative estimate of drug-likeness (QED) is 0.552. The highest BCUT2D eigenvalue weighted by molar-refractivity contribution is 6.64. The van der Waals surface area contributed by atoms with E-state index in [0.29, 0.717) is 0 Å². The number of halogens is 5. The van der Waals surface area contributed by atoms with E-state index in [1.54, 1.807) is 13.8 Å². The number of alkyl halides is 4. The van der Waals surface area contributed by atoms with E-state index >= 15 is 0 Å². The maximum Gasteiger partial charge on any atom is 0.321 e. The molecule has 0 amide bonds. The predicted octanol–water partition coefficient (Wildman–Crippen LogP) is 3.31. The lowest BCUT2D eigenvalue weighted by molar-refractivity contribution is -0.343. The number of carbonyl (C=O) groups is 1. The number of rotatable bonds is 3. The molecule has 6 heteroatoms. The van der Waals surface area contributed by atoms with Crippen LogP contribution in [0.15, 0.2) is 0 Å². The van der Waals surface area contributed by atoms with Crippen LogP contribution in [0.4, 0.5) is 17.6 Å². The Bertz CT molecular complexity index is 277. The van der Waals surface area contributed by atoms with Crippen molar-refractivity contribution in [3.63, 3.8) is 0 Å². The fourth-order valence-corrected chi connectivity index (χ4v) is 2.20. The Morgan fingerprint density at radius 2 is 1.73 bits per heavy atom. The van der Waals surface area contributed by atoms with Crippen LogP contribution < -0.4 is 0 Å². The normalized spacial score (nSPS) is 32.5. The van der Waals surface area contributed by atoms with Crippen molar-refractivity contribution in [1.82, 2.24) is 0 Å². The molecule has 88 valence electrons. The van der Waals surface area contributed by atoms with Crippen molar-refractivity contribution >= 4 is 16.8 Å². The smallest absolute Gasteiger partial charge is 0.281 e. The van der Waals surface area contributed by atoms with Gasteiger partial charge in [-0.1, -0.05) is 13.8 Å². The molecule has 1 nitrogen and oxygen atoms in total. The Hall–Kier alpha value is -0.320. The molecule has 2 atom stereocenters. The van der Waals surface area contributed by atoms with Crippen LogP contribution in [0.5, 0.6) is 0 Å². The van der Waals surface area contributed by atoms with E-state index in [-0.39, 0.29) is 12.3 Å². The summed E-state index contributed by atoms with van der Waals surface area (Å²) >= 11 is 4.92. The van der Waals surface area contributed by atoms with Gasteiger partial charge in [-0.3, -0.25) is 4.79 Å². The standard InChI is InChI=1S/C9H11ClF4O/c1-4(2)3-5-6(7(10)15)9(13,14)8(5,11)12/h4-6H,3H2,1-2H3. The average molecular weight is 247 g/mol. The molecule has 1 aliphatic rings. The minimum absolute atomic E-state index is 0.133. The van der Waals surface area contributed by atoms with Crippen LogP contribution in [0.3, 0.4) is 0 Å². The molecule has 1 fully saturated rings. The molecule has 0 spiro atoms. The van der Waals surface area contributed by atoms with Crippen LogP contribution in [-0.4, -0.2) is 17.1 Å². The zero-order valence-corrected chi connectivity index (χ0v) is 8.99. The zero-order valence-electron chi connectivity index (χ0n) is 8.24. The van der Waals surface area contributed by atoms with Gasteiger partial charge in [-0.15, -0.1) is 0 Å². The summed E-state index contributed by atoms with van der Waals surface area (Å²) < 4.78 is 51.7. The van der Waals surface area contributed by atoms with Crippen molar-refractivity contribution in [2.24, 2.45) is 17.8 Å². The molecule has 0 aliphatic heterocycles. The molecule has 0 saturated heterocycles. The van der Waals surface area contributed by atoms with Gasteiger partial charge in [0.2, 0.25) is 5.24 Å². The van der Waals surface area contributed by atoms with Gasteiger partial charge in [-0.05, 0) is 23.9 Å². The van der Waals surface area contributed by atoms with Crippen molar-refractivity contribution in [3.8, 4) is 0 Å². The van der Waals surface area contributed by atoms with Crippen LogP contribution >= 0.6 is 11.6 Å². The Kier molecular flexibility index (Phi) is 3.07. The van der Waals surface area contributed by atoms with Crippen LogP contribution in [0.2, 0.25) is 0 Å². The monoisotopic (exact) mass is 246 g/mol. The molecule has 0 aromatic heterocycles. The molecule has 2 unspecified atom stereocenters. The second-order valence-corrected chi connectivity index (χ2v) is 4.64. The summed E-state index contributed by atoms with van der Waals surface area (Å²) in [4.78, 5) is 10.7. The van der Waals surface area contributed by atoms with Gasteiger partial charge in [-0.25, -0.2) is 0 Å². The van der Waals surface area contributed by atoms with Gasteiger partial charge in [0.25, 0.3) is 0 Å². The SMILES string of the molecule is CC(C)CC1C(C(=O)Cl)C(F)(F)C1(F)F. The van der Waals surface area contributed by atoms with E-state index in [2.05, 4.69) is 0 Å². The maximum atomic E-state index is 13.0. The van der Waals surface area contributed by atoms with E-state index in [4.69, 9.17) is 11.6 Å². The van der Waals surface area contributed by atoms with Gasteiger partial charge < -0.3 is 0 Å². The molecule has 1 aliphatic carbocycles. The van der Waals surface area contributed by atoms with Gasteiger partial charge in [0.1, 0.15) is 5.92 Å². The number of hydrogen-bond acceptors (Lipinski definition) is 1. The first kappa shape index (κ1) is 12.7. The van der Waals surface area contributed by atoms with E-state index in [1.807, 2.05) is 0 Å². The molecular formula is C9H11ClF4O. The van der Waals surface area contributed by atoms with E-state index in [1.165, 1.54) is 0 Å².